The van der Waals surface area contributed by atoms with Gasteiger partial charge in [-0.05, 0) is 43.7 Å². The van der Waals surface area contributed by atoms with Crippen LogP contribution in [0.5, 0.6) is 5.75 Å². The van der Waals surface area contributed by atoms with Crippen LogP contribution in [-0.4, -0.2) is 28.4 Å². The molecule has 0 aliphatic carbocycles. The Morgan fingerprint density at radius 1 is 1.26 bits per heavy atom. The summed E-state index contributed by atoms with van der Waals surface area (Å²) in [6.45, 7) is 4.05. The number of hydrogen-bond donors (Lipinski definition) is 1. The summed E-state index contributed by atoms with van der Waals surface area (Å²) in [6.07, 6.45) is 1.57. The molecule has 0 aliphatic rings. The molecule has 1 heterocycles. The van der Waals surface area contributed by atoms with Crippen molar-refractivity contribution in [3.8, 4) is 5.75 Å². The minimum absolute atomic E-state index is 0.0520. The number of benzene rings is 1. The Balaban J connectivity index is 1.95. The van der Waals surface area contributed by atoms with Crippen LogP contribution in [0, 0.1) is 0 Å². The fraction of sp³-hybridized carbons (Fsp3) is 0.235. The molecule has 0 amide bonds. The van der Waals surface area contributed by atoms with Crippen molar-refractivity contribution in [3.05, 3.63) is 59.4 Å². The highest BCUT2D eigenvalue weighted by atomic mass is 16.6. The minimum Gasteiger partial charge on any atom is -0.506 e. The first-order valence-electron chi connectivity index (χ1n) is 7.18. The zero-order valence-electron chi connectivity index (χ0n) is 13.0. The van der Waals surface area contributed by atoms with Crippen LogP contribution in [0.4, 0.5) is 0 Å². The molecule has 0 spiro atoms. The maximum atomic E-state index is 11.5. The number of pyridine rings is 1. The zero-order valence-corrected chi connectivity index (χ0v) is 13.0. The molecule has 120 valence electrons. The SMILES string of the molecule is CCOC(=O)c1ccc(CON=C(C)c2ncccc2O)cc1. The normalized spacial score (nSPS) is 11.1. The van der Waals surface area contributed by atoms with Gasteiger partial charge in [-0.25, -0.2) is 4.79 Å². The topological polar surface area (TPSA) is 81.0 Å². The van der Waals surface area contributed by atoms with Gasteiger partial charge in [0.05, 0.1) is 12.2 Å². The van der Waals surface area contributed by atoms with E-state index in [9.17, 15) is 9.90 Å². The van der Waals surface area contributed by atoms with Crippen LogP contribution in [0.3, 0.4) is 0 Å². The van der Waals surface area contributed by atoms with Gasteiger partial charge in [0.1, 0.15) is 23.8 Å². The van der Waals surface area contributed by atoms with Crippen molar-refractivity contribution < 1.29 is 19.5 Å². The molecule has 0 aliphatic heterocycles. The number of ether oxygens (including phenoxy) is 1. The highest BCUT2D eigenvalue weighted by Crippen LogP contribution is 2.14. The van der Waals surface area contributed by atoms with E-state index in [1.807, 2.05) is 0 Å². The van der Waals surface area contributed by atoms with Gasteiger partial charge < -0.3 is 14.7 Å². The standard InChI is InChI=1S/C17H18N2O4/c1-3-22-17(21)14-8-6-13(7-9-14)11-23-19-12(2)16-15(20)5-4-10-18-16/h4-10,20H,3,11H2,1-2H3. The van der Waals surface area contributed by atoms with E-state index < -0.39 is 0 Å². The van der Waals surface area contributed by atoms with Crippen molar-refractivity contribution >= 4 is 11.7 Å². The molecule has 0 unspecified atom stereocenters. The summed E-state index contributed by atoms with van der Waals surface area (Å²) >= 11 is 0. The first-order valence-corrected chi connectivity index (χ1v) is 7.18. The van der Waals surface area contributed by atoms with Crippen LogP contribution in [0.25, 0.3) is 0 Å². The van der Waals surface area contributed by atoms with Gasteiger partial charge in [0, 0.05) is 6.20 Å². The first kappa shape index (κ1) is 16.5. The second-order valence-electron chi connectivity index (χ2n) is 4.74. The molecule has 1 aromatic carbocycles. The number of nitrogens with zero attached hydrogens (tertiary/aromatic N) is 2. The molecule has 2 rings (SSSR count). The fourth-order valence-corrected chi connectivity index (χ4v) is 1.87. The molecule has 6 heteroatoms. The van der Waals surface area contributed by atoms with Gasteiger partial charge in [-0.15, -0.1) is 0 Å². The van der Waals surface area contributed by atoms with Crippen LogP contribution in [0.15, 0.2) is 47.8 Å². The van der Waals surface area contributed by atoms with E-state index in [0.29, 0.717) is 23.6 Å². The molecule has 0 atom stereocenters. The summed E-state index contributed by atoms with van der Waals surface area (Å²) in [7, 11) is 0. The van der Waals surface area contributed by atoms with Crippen molar-refractivity contribution in [2.45, 2.75) is 20.5 Å². The van der Waals surface area contributed by atoms with Crippen molar-refractivity contribution in [1.82, 2.24) is 4.98 Å². The molecule has 0 radical (unpaired) electrons. The average Bonchev–Trinajstić information content (AvgIpc) is 2.56. The Labute approximate surface area is 134 Å². The van der Waals surface area contributed by atoms with Crippen LogP contribution in [0.2, 0.25) is 0 Å². The highest BCUT2D eigenvalue weighted by molar-refractivity contribution is 5.98. The summed E-state index contributed by atoms with van der Waals surface area (Å²) in [4.78, 5) is 20.8. The maximum absolute atomic E-state index is 11.5. The van der Waals surface area contributed by atoms with Crippen LogP contribution < -0.4 is 0 Å². The van der Waals surface area contributed by atoms with Gasteiger partial charge in [0.25, 0.3) is 0 Å². The quantitative estimate of drug-likeness (QED) is 0.504. The first-order chi connectivity index (χ1) is 11.1. The number of aromatic nitrogens is 1. The van der Waals surface area contributed by atoms with Crippen LogP contribution in [0.1, 0.15) is 35.5 Å². The Morgan fingerprint density at radius 2 is 2.00 bits per heavy atom. The number of aromatic hydroxyl groups is 1. The Bertz CT molecular complexity index is 696. The lowest BCUT2D eigenvalue weighted by Crippen LogP contribution is -2.04. The molecule has 23 heavy (non-hydrogen) atoms. The van der Waals surface area contributed by atoms with E-state index in [1.54, 1.807) is 50.4 Å². The Kier molecular flexibility index (Phi) is 5.68. The van der Waals surface area contributed by atoms with Gasteiger partial charge in [0.2, 0.25) is 0 Å². The third kappa shape index (κ3) is 4.54. The summed E-state index contributed by atoms with van der Waals surface area (Å²) in [5, 5.41) is 13.6. The van der Waals surface area contributed by atoms with Crippen molar-refractivity contribution in [2.24, 2.45) is 5.16 Å². The smallest absolute Gasteiger partial charge is 0.338 e. The molecular weight excluding hydrogens is 296 g/mol. The molecule has 0 fully saturated rings. The van der Waals surface area contributed by atoms with Crippen LogP contribution in [-0.2, 0) is 16.2 Å². The molecule has 0 bridgehead atoms. The molecule has 0 saturated heterocycles. The predicted molar refractivity (Wildman–Crippen MR) is 85.3 cm³/mol. The molecule has 6 nitrogen and oxygen atoms in total. The second kappa shape index (κ2) is 7.93. The summed E-state index contributed by atoms with van der Waals surface area (Å²) in [5.41, 5.74) is 2.21. The summed E-state index contributed by atoms with van der Waals surface area (Å²) < 4.78 is 4.92. The maximum Gasteiger partial charge on any atom is 0.338 e. The number of oxime groups is 1. The average molecular weight is 314 g/mol. The van der Waals surface area contributed by atoms with Gasteiger partial charge >= 0.3 is 5.97 Å². The summed E-state index contributed by atoms with van der Waals surface area (Å²) in [6, 6.07) is 10.1. The largest absolute Gasteiger partial charge is 0.506 e. The molecule has 0 saturated carbocycles. The van der Waals surface area contributed by atoms with Gasteiger partial charge in [-0.2, -0.15) is 0 Å². The molecule has 1 N–H and O–H groups in total. The minimum atomic E-state index is -0.348. The lowest BCUT2D eigenvalue weighted by Gasteiger charge is -2.05. The zero-order chi connectivity index (χ0) is 16.7. The Morgan fingerprint density at radius 3 is 2.65 bits per heavy atom. The third-order valence-electron chi connectivity index (χ3n) is 3.03. The number of hydrogen-bond acceptors (Lipinski definition) is 6. The summed E-state index contributed by atoms with van der Waals surface area (Å²) in [5.74, 6) is -0.296. The van der Waals surface area contributed by atoms with Crippen molar-refractivity contribution in [2.75, 3.05) is 6.61 Å². The number of carbonyl (C=O) groups excluding carboxylic acids is 1. The Hall–Kier alpha value is -2.89. The number of rotatable bonds is 6. The number of carbonyl (C=O) groups is 1. The highest BCUT2D eigenvalue weighted by Gasteiger charge is 2.07. The van der Waals surface area contributed by atoms with E-state index in [1.165, 1.54) is 6.07 Å². The van der Waals surface area contributed by atoms with Gasteiger partial charge in [0.15, 0.2) is 0 Å². The lowest BCUT2D eigenvalue weighted by atomic mass is 10.1. The monoisotopic (exact) mass is 314 g/mol. The van der Waals surface area contributed by atoms with Gasteiger partial charge in [-0.3, -0.25) is 4.98 Å². The van der Waals surface area contributed by atoms with Gasteiger partial charge in [-0.1, -0.05) is 17.3 Å². The molecule has 2 aromatic rings. The van der Waals surface area contributed by atoms with E-state index in [0.717, 1.165) is 5.56 Å². The third-order valence-corrected chi connectivity index (χ3v) is 3.03. The van der Waals surface area contributed by atoms with E-state index in [4.69, 9.17) is 9.57 Å². The van der Waals surface area contributed by atoms with E-state index in [2.05, 4.69) is 10.1 Å². The van der Waals surface area contributed by atoms with Crippen LogP contribution >= 0.6 is 0 Å². The van der Waals surface area contributed by atoms with Crippen molar-refractivity contribution in [1.29, 1.82) is 0 Å². The number of esters is 1. The fourth-order valence-electron chi connectivity index (χ4n) is 1.87. The lowest BCUT2D eigenvalue weighted by molar-refractivity contribution is 0.0526. The molecule has 1 aromatic heterocycles. The second-order valence-corrected chi connectivity index (χ2v) is 4.74. The van der Waals surface area contributed by atoms with Crippen molar-refractivity contribution in [3.63, 3.8) is 0 Å². The molecular formula is C17H18N2O4. The van der Waals surface area contributed by atoms with E-state index in [-0.39, 0.29) is 18.3 Å². The predicted octanol–water partition coefficient (Wildman–Crippen LogP) is 2.90. The van der Waals surface area contributed by atoms with E-state index >= 15 is 0 Å².